The fraction of sp³-hybridized carbons (Fsp3) is 0.462. The maximum atomic E-state index is 12.6. The van der Waals surface area contributed by atoms with E-state index in [0.29, 0.717) is 31.7 Å². The van der Waals surface area contributed by atoms with Gasteiger partial charge in [-0.3, -0.25) is 0 Å². The van der Waals surface area contributed by atoms with Gasteiger partial charge in [0.15, 0.2) is 0 Å². The molecule has 1 aromatic carbocycles. The SMILES string of the molecule is CC1CN(S(=O)(=O)c2ccc(C(N)=S)cc2)CCCO1. The van der Waals surface area contributed by atoms with E-state index in [1.807, 2.05) is 6.92 Å². The highest BCUT2D eigenvalue weighted by Crippen LogP contribution is 2.19. The van der Waals surface area contributed by atoms with E-state index in [-0.39, 0.29) is 16.0 Å². The Morgan fingerprint density at radius 3 is 2.65 bits per heavy atom. The van der Waals surface area contributed by atoms with E-state index in [0.717, 1.165) is 0 Å². The van der Waals surface area contributed by atoms with Gasteiger partial charge in [0, 0.05) is 25.3 Å². The van der Waals surface area contributed by atoms with Gasteiger partial charge in [-0.25, -0.2) is 8.42 Å². The first-order chi connectivity index (χ1) is 9.41. The molecule has 2 rings (SSSR count). The van der Waals surface area contributed by atoms with Crippen LogP contribution < -0.4 is 5.73 Å². The highest BCUT2D eigenvalue weighted by molar-refractivity contribution is 7.89. The summed E-state index contributed by atoms with van der Waals surface area (Å²) in [5, 5.41) is 0. The molecule has 0 spiro atoms. The van der Waals surface area contributed by atoms with Crippen LogP contribution in [0.5, 0.6) is 0 Å². The second-order valence-corrected chi connectivity index (χ2v) is 7.16. The average molecular weight is 314 g/mol. The Balaban J connectivity index is 2.26. The van der Waals surface area contributed by atoms with Crippen LogP contribution >= 0.6 is 12.2 Å². The molecule has 0 aromatic heterocycles. The van der Waals surface area contributed by atoms with Gasteiger partial charge in [-0.1, -0.05) is 24.4 Å². The van der Waals surface area contributed by atoms with Gasteiger partial charge in [0.25, 0.3) is 0 Å². The Morgan fingerprint density at radius 1 is 1.40 bits per heavy atom. The average Bonchev–Trinajstić information content (AvgIpc) is 2.64. The minimum atomic E-state index is -3.49. The number of ether oxygens (including phenoxy) is 1. The minimum absolute atomic E-state index is 0.0943. The summed E-state index contributed by atoms with van der Waals surface area (Å²) >= 11 is 4.86. The third kappa shape index (κ3) is 3.35. The van der Waals surface area contributed by atoms with E-state index < -0.39 is 10.0 Å². The van der Waals surface area contributed by atoms with Crippen molar-refractivity contribution in [3.8, 4) is 0 Å². The van der Waals surface area contributed by atoms with E-state index in [1.165, 1.54) is 4.31 Å². The number of rotatable bonds is 3. The van der Waals surface area contributed by atoms with Gasteiger partial charge in [-0.2, -0.15) is 4.31 Å². The maximum absolute atomic E-state index is 12.6. The third-order valence-electron chi connectivity index (χ3n) is 3.19. The van der Waals surface area contributed by atoms with Crippen molar-refractivity contribution in [2.75, 3.05) is 19.7 Å². The molecule has 0 radical (unpaired) electrons. The second-order valence-electron chi connectivity index (χ2n) is 4.79. The van der Waals surface area contributed by atoms with Crippen molar-refractivity contribution < 1.29 is 13.2 Å². The Labute approximate surface area is 124 Å². The summed E-state index contributed by atoms with van der Waals surface area (Å²) in [6, 6.07) is 6.35. The van der Waals surface area contributed by atoms with Crippen molar-refractivity contribution in [2.45, 2.75) is 24.3 Å². The van der Waals surface area contributed by atoms with Crippen LogP contribution in [0.2, 0.25) is 0 Å². The number of hydrogen-bond donors (Lipinski definition) is 1. The fourth-order valence-corrected chi connectivity index (χ4v) is 3.80. The van der Waals surface area contributed by atoms with Crippen LogP contribution in [0.15, 0.2) is 29.2 Å². The molecular formula is C13H18N2O3S2. The largest absolute Gasteiger partial charge is 0.389 e. The molecule has 2 N–H and O–H groups in total. The van der Waals surface area contributed by atoms with Crippen LogP contribution in [-0.2, 0) is 14.8 Å². The smallest absolute Gasteiger partial charge is 0.243 e. The van der Waals surface area contributed by atoms with Gasteiger partial charge in [0.05, 0.1) is 11.0 Å². The molecule has 0 saturated carbocycles. The molecule has 1 aromatic rings. The second kappa shape index (κ2) is 6.17. The number of sulfonamides is 1. The molecule has 1 heterocycles. The lowest BCUT2D eigenvalue weighted by Crippen LogP contribution is -2.35. The van der Waals surface area contributed by atoms with Crippen LogP contribution in [0, 0.1) is 0 Å². The molecule has 0 bridgehead atoms. The lowest BCUT2D eigenvalue weighted by molar-refractivity contribution is 0.0752. The number of thiocarbonyl (C=S) groups is 1. The zero-order valence-corrected chi connectivity index (χ0v) is 12.9. The van der Waals surface area contributed by atoms with E-state index in [9.17, 15) is 8.42 Å². The molecule has 0 amide bonds. The van der Waals surface area contributed by atoms with Gasteiger partial charge in [-0.05, 0) is 25.5 Å². The maximum Gasteiger partial charge on any atom is 0.243 e. The molecule has 5 nitrogen and oxygen atoms in total. The van der Waals surface area contributed by atoms with E-state index in [1.54, 1.807) is 24.3 Å². The molecule has 110 valence electrons. The number of nitrogens with zero attached hydrogens (tertiary/aromatic N) is 1. The molecule has 7 heteroatoms. The van der Waals surface area contributed by atoms with Crippen molar-refractivity contribution in [3.63, 3.8) is 0 Å². The van der Waals surface area contributed by atoms with Crippen LogP contribution in [0.25, 0.3) is 0 Å². The summed E-state index contributed by atoms with van der Waals surface area (Å²) < 4.78 is 32.1. The normalized spacial score (nSPS) is 21.4. The molecule has 1 aliphatic heterocycles. The van der Waals surface area contributed by atoms with Gasteiger partial charge >= 0.3 is 0 Å². The quantitative estimate of drug-likeness (QED) is 0.847. The van der Waals surface area contributed by atoms with Crippen molar-refractivity contribution in [2.24, 2.45) is 5.73 Å². The van der Waals surface area contributed by atoms with Crippen molar-refractivity contribution in [3.05, 3.63) is 29.8 Å². The van der Waals surface area contributed by atoms with E-state index in [2.05, 4.69) is 0 Å². The monoisotopic (exact) mass is 314 g/mol. The molecular weight excluding hydrogens is 296 g/mol. The molecule has 1 unspecified atom stereocenters. The predicted molar refractivity (Wildman–Crippen MR) is 81.1 cm³/mol. The van der Waals surface area contributed by atoms with Crippen LogP contribution in [0.4, 0.5) is 0 Å². The first-order valence-electron chi connectivity index (χ1n) is 6.43. The standard InChI is InChI=1S/C13H18N2O3S2/c1-10-9-15(7-2-8-18-10)20(16,17)12-5-3-11(4-6-12)13(14)19/h3-6,10H,2,7-9H2,1H3,(H2,14,19). The summed E-state index contributed by atoms with van der Waals surface area (Å²) in [5.74, 6) is 0. The van der Waals surface area contributed by atoms with E-state index in [4.69, 9.17) is 22.7 Å². The molecule has 0 aliphatic carbocycles. The van der Waals surface area contributed by atoms with Crippen LogP contribution in [-0.4, -0.2) is 43.5 Å². The zero-order chi connectivity index (χ0) is 14.8. The van der Waals surface area contributed by atoms with Crippen molar-refractivity contribution in [1.82, 2.24) is 4.31 Å². The number of hydrogen-bond acceptors (Lipinski definition) is 4. The first-order valence-corrected chi connectivity index (χ1v) is 8.27. The van der Waals surface area contributed by atoms with Gasteiger partial charge in [-0.15, -0.1) is 0 Å². The Hall–Kier alpha value is -1.02. The lowest BCUT2D eigenvalue weighted by Gasteiger charge is -2.21. The molecule has 1 fully saturated rings. The Morgan fingerprint density at radius 2 is 2.05 bits per heavy atom. The summed E-state index contributed by atoms with van der Waals surface area (Å²) in [5.41, 5.74) is 6.17. The Bertz CT molecular complexity index is 584. The molecule has 1 atom stereocenters. The van der Waals surface area contributed by atoms with Crippen molar-refractivity contribution in [1.29, 1.82) is 0 Å². The summed E-state index contributed by atoms with van der Waals surface area (Å²) in [7, 11) is -3.49. The highest BCUT2D eigenvalue weighted by Gasteiger charge is 2.27. The summed E-state index contributed by atoms with van der Waals surface area (Å²) in [6.07, 6.45) is 0.609. The van der Waals surface area contributed by atoms with Crippen molar-refractivity contribution >= 4 is 27.2 Å². The van der Waals surface area contributed by atoms with Gasteiger partial charge in [0.2, 0.25) is 10.0 Å². The summed E-state index contributed by atoms with van der Waals surface area (Å²) in [6.45, 7) is 3.32. The van der Waals surface area contributed by atoms with Crippen LogP contribution in [0.3, 0.4) is 0 Å². The highest BCUT2D eigenvalue weighted by atomic mass is 32.2. The van der Waals surface area contributed by atoms with Gasteiger partial charge < -0.3 is 10.5 Å². The first kappa shape index (κ1) is 15.4. The zero-order valence-electron chi connectivity index (χ0n) is 11.3. The minimum Gasteiger partial charge on any atom is -0.389 e. The van der Waals surface area contributed by atoms with Crippen LogP contribution in [0.1, 0.15) is 18.9 Å². The van der Waals surface area contributed by atoms with Gasteiger partial charge in [0.1, 0.15) is 4.99 Å². The van der Waals surface area contributed by atoms with E-state index >= 15 is 0 Å². The fourth-order valence-electron chi connectivity index (χ4n) is 2.11. The summed E-state index contributed by atoms with van der Waals surface area (Å²) in [4.78, 5) is 0.511. The molecule has 20 heavy (non-hydrogen) atoms. The number of benzene rings is 1. The topological polar surface area (TPSA) is 72.6 Å². The molecule has 1 saturated heterocycles. The predicted octanol–water partition coefficient (Wildman–Crippen LogP) is 1.12. The number of nitrogens with two attached hydrogens (primary N) is 1. The molecule has 1 aliphatic rings. The Kier molecular flexibility index (Phi) is 4.74. The lowest BCUT2D eigenvalue weighted by atomic mass is 10.2. The third-order valence-corrected chi connectivity index (χ3v) is 5.31.